The van der Waals surface area contributed by atoms with Crippen LogP contribution in [0.4, 0.5) is 5.69 Å². The molecule has 2 aromatic rings. The largest absolute Gasteiger partial charge is 0.492 e. The summed E-state index contributed by atoms with van der Waals surface area (Å²) in [7, 11) is -7.18. The Morgan fingerprint density at radius 2 is 1.74 bits per heavy atom. The van der Waals surface area contributed by atoms with Gasteiger partial charge in [-0.15, -0.1) is 0 Å². The Morgan fingerprint density at radius 1 is 1.06 bits per heavy atom. The van der Waals surface area contributed by atoms with Crippen molar-refractivity contribution in [1.82, 2.24) is 9.62 Å². The summed E-state index contributed by atoms with van der Waals surface area (Å²) in [6.45, 7) is 1.51. The lowest BCUT2D eigenvalue weighted by Crippen LogP contribution is -2.51. The molecule has 2 aliphatic heterocycles. The number of hydrogen-bond donors (Lipinski definition) is 1. The summed E-state index contributed by atoms with van der Waals surface area (Å²) >= 11 is 0. The van der Waals surface area contributed by atoms with Gasteiger partial charge in [-0.05, 0) is 36.4 Å². The van der Waals surface area contributed by atoms with Crippen LogP contribution in [0.2, 0.25) is 0 Å². The predicted molar refractivity (Wildman–Crippen MR) is 128 cm³/mol. The zero-order valence-electron chi connectivity index (χ0n) is 19.1. The molecule has 0 spiro atoms. The second-order valence-corrected chi connectivity index (χ2v) is 11.8. The number of anilines is 1. The van der Waals surface area contributed by atoms with E-state index in [2.05, 4.69) is 5.32 Å². The van der Waals surface area contributed by atoms with Crippen LogP contribution in [0.5, 0.6) is 11.5 Å². The Hall–Kier alpha value is -2.87. The van der Waals surface area contributed by atoms with Gasteiger partial charge in [0, 0.05) is 13.1 Å². The number of morpholine rings is 1. The fraction of sp³-hybridized carbons (Fsp3) is 0.409. The highest BCUT2D eigenvalue weighted by Crippen LogP contribution is 2.34. The number of rotatable bonds is 8. The molecule has 1 atom stereocenters. The van der Waals surface area contributed by atoms with Crippen LogP contribution in [0.25, 0.3) is 0 Å². The second-order valence-electron chi connectivity index (χ2n) is 8.00. The Labute approximate surface area is 204 Å². The summed E-state index contributed by atoms with van der Waals surface area (Å²) in [6, 6.07) is 12.7. The first-order valence-electron chi connectivity index (χ1n) is 11.0. The number of hydrogen-bond acceptors (Lipinski definition) is 8. The van der Waals surface area contributed by atoms with Gasteiger partial charge in [0.05, 0.1) is 43.1 Å². The van der Waals surface area contributed by atoms with E-state index in [1.54, 1.807) is 36.4 Å². The lowest BCUT2D eigenvalue weighted by molar-refractivity contribution is -0.127. The van der Waals surface area contributed by atoms with E-state index in [0.717, 1.165) is 10.6 Å². The third-order valence-corrected chi connectivity index (χ3v) is 8.59. The number of nitrogens with one attached hydrogen (secondary N) is 1. The van der Waals surface area contributed by atoms with Crippen LogP contribution >= 0.6 is 0 Å². The van der Waals surface area contributed by atoms with Gasteiger partial charge in [0.15, 0.2) is 6.10 Å². The summed E-state index contributed by atoms with van der Waals surface area (Å²) in [5, 5.41) is 2.68. The average Bonchev–Trinajstić information content (AvgIpc) is 2.86. The maximum atomic E-state index is 12.7. The maximum Gasteiger partial charge on any atom is 0.263 e. The molecule has 0 radical (unpaired) electrons. The molecule has 13 heteroatoms. The van der Waals surface area contributed by atoms with Crippen molar-refractivity contribution in [3.05, 3.63) is 48.5 Å². The fourth-order valence-corrected chi connectivity index (χ4v) is 6.08. The van der Waals surface area contributed by atoms with Crippen molar-refractivity contribution in [1.29, 1.82) is 0 Å². The minimum Gasteiger partial charge on any atom is -0.492 e. The van der Waals surface area contributed by atoms with Crippen molar-refractivity contribution < 1.29 is 35.8 Å². The molecule has 2 heterocycles. The Balaban J connectivity index is 1.29. The van der Waals surface area contributed by atoms with Crippen LogP contribution in [0, 0.1) is 0 Å². The number of fused-ring (bicyclic) bond motifs is 1. The van der Waals surface area contributed by atoms with E-state index < -0.39 is 32.1 Å². The third kappa shape index (κ3) is 5.86. The molecule has 35 heavy (non-hydrogen) atoms. The number of carbonyl (C=O) groups is 1. The summed E-state index contributed by atoms with van der Waals surface area (Å²) in [5.74, 6) is 0.294. The monoisotopic (exact) mass is 525 g/mol. The van der Waals surface area contributed by atoms with E-state index in [9.17, 15) is 21.6 Å². The highest BCUT2D eigenvalue weighted by atomic mass is 32.2. The van der Waals surface area contributed by atoms with E-state index in [-0.39, 0.29) is 24.6 Å². The van der Waals surface area contributed by atoms with Gasteiger partial charge in [0.1, 0.15) is 18.1 Å². The standard InChI is InChI=1S/C22H27N3O8S2/c1-34(27,28)25-16-21(33-20-5-3-2-4-19(20)25)22(26)23-10-13-32-17-6-8-18(9-7-17)35(29,30)24-11-14-31-15-12-24/h2-9,21H,10-16H2,1H3,(H,23,26)/t21-/m0/s1. The number of ether oxygens (including phenoxy) is 3. The van der Waals surface area contributed by atoms with E-state index in [0.29, 0.717) is 43.5 Å². The summed E-state index contributed by atoms with van der Waals surface area (Å²) in [4.78, 5) is 12.8. The van der Waals surface area contributed by atoms with Crippen LogP contribution < -0.4 is 19.1 Å². The predicted octanol–water partition coefficient (Wildman–Crippen LogP) is 0.430. The van der Waals surface area contributed by atoms with Crippen LogP contribution in [0.1, 0.15) is 0 Å². The minimum atomic E-state index is -3.59. The van der Waals surface area contributed by atoms with Crippen LogP contribution in [0.15, 0.2) is 53.4 Å². The molecule has 1 fully saturated rings. The number of benzene rings is 2. The summed E-state index contributed by atoms with van der Waals surface area (Å²) in [6.07, 6.45) is 0.0688. The molecule has 1 saturated heterocycles. The van der Waals surface area contributed by atoms with Gasteiger partial charge >= 0.3 is 0 Å². The molecule has 1 amide bonds. The second kappa shape index (κ2) is 10.4. The summed E-state index contributed by atoms with van der Waals surface area (Å²) in [5.41, 5.74) is 0.390. The van der Waals surface area contributed by atoms with Crippen molar-refractivity contribution >= 4 is 31.6 Å². The molecule has 11 nitrogen and oxygen atoms in total. The van der Waals surface area contributed by atoms with E-state index in [4.69, 9.17) is 14.2 Å². The number of nitrogens with zero attached hydrogens (tertiary/aromatic N) is 2. The van der Waals surface area contributed by atoms with Gasteiger partial charge in [-0.25, -0.2) is 16.8 Å². The highest BCUT2D eigenvalue weighted by Gasteiger charge is 2.34. The topological polar surface area (TPSA) is 132 Å². The molecular formula is C22H27N3O8S2. The van der Waals surface area contributed by atoms with Gasteiger partial charge in [0.25, 0.3) is 5.91 Å². The molecule has 0 aromatic heterocycles. The number of para-hydroxylation sites is 2. The Kier molecular flexibility index (Phi) is 7.50. The van der Waals surface area contributed by atoms with E-state index >= 15 is 0 Å². The van der Waals surface area contributed by atoms with Crippen molar-refractivity contribution in [3.63, 3.8) is 0 Å². The van der Waals surface area contributed by atoms with Crippen molar-refractivity contribution in [2.45, 2.75) is 11.0 Å². The molecule has 0 unspecified atom stereocenters. The summed E-state index contributed by atoms with van der Waals surface area (Å²) < 4.78 is 68.8. The molecule has 4 rings (SSSR count). The van der Waals surface area contributed by atoms with Gasteiger partial charge in [-0.3, -0.25) is 9.10 Å². The van der Waals surface area contributed by atoms with Crippen molar-refractivity contribution in [2.24, 2.45) is 0 Å². The van der Waals surface area contributed by atoms with Crippen molar-refractivity contribution in [2.75, 3.05) is 56.6 Å². The van der Waals surface area contributed by atoms with Gasteiger partial charge in [0.2, 0.25) is 20.0 Å². The van der Waals surface area contributed by atoms with Gasteiger partial charge in [-0.1, -0.05) is 12.1 Å². The fourth-order valence-electron chi connectivity index (χ4n) is 3.75. The quantitative estimate of drug-likeness (QED) is 0.491. The third-order valence-electron chi connectivity index (χ3n) is 5.53. The minimum absolute atomic E-state index is 0.125. The van der Waals surface area contributed by atoms with Gasteiger partial charge < -0.3 is 19.5 Å². The van der Waals surface area contributed by atoms with Crippen LogP contribution in [-0.2, 0) is 29.6 Å². The van der Waals surface area contributed by atoms with E-state index in [1.165, 1.54) is 16.4 Å². The molecule has 0 saturated carbocycles. The zero-order chi connectivity index (χ0) is 25.1. The zero-order valence-corrected chi connectivity index (χ0v) is 20.8. The van der Waals surface area contributed by atoms with E-state index in [1.807, 2.05) is 0 Å². The number of amides is 1. The highest BCUT2D eigenvalue weighted by molar-refractivity contribution is 7.92. The lowest BCUT2D eigenvalue weighted by atomic mass is 10.2. The maximum absolute atomic E-state index is 12.7. The smallest absolute Gasteiger partial charge is 0.263 e. The first-order valence-corrected chi connectivity index (χ1v) is 14.3. The molecule has 0 aliphatic carbocycles. The molecule has 0 bridgehead atoms. The number of carbonyl (C=O) groups excluding carboxylic acids is 1. The van der Waals surface area contributed by atoms with Crippen LogP contribution in [0.3, 0.4) is 0 Å². The molecule has 2 aliphatic rings. The number of sulfonamides is 2. The SMILES string of the molecule is CS(=O)(=O)N1C[C@@H](C(=O)NCCOc2ccc(S(=O)(=O)N3CCOCC3)cc2)Oc2ccccc21. The first-order chi connectivity index (χ1) is 16.7. The molecule has 2 aromatic carbocycles. The molecule has 1 N–H and O–H groups in total. The average molecular weight is 526 g/mol. The Bertz CT molecular complexity index is 1260. The first kappa shape index (κ1) is 25.2. The normalized spacial score (nSPS) is 18.9. The lowest BCUT2D eigenvalue weighted by Gasteiger charge is -2.33. The Morgan fingerprint density at radius 3 is 2.43 bits per heavy atom. The molecular weight excluding hydrogens is 498 g/mol. The van der Waals surface area contributed by atoms with Gasteiger partial charge in [-0.2, -0.15) is 4.31 Å². The van der Waals surface area contributed by atoms with Crippen LogP contribution in [-0.4, -0.2) is 85.4 Å². The van der Waals surface area contributed by atoms with Crippen molar-refractivity contribution in [3.8, 4) is 11.5 Å². The molecule has 190 valence electrons.